The predicted octanol–water partition coefficient (Wildman–Crippen LogP) is 3.74. The van der Waals surface area contributed by atoms with E-state index in [9.17, 15) is 8.42 Å². The first-order valence-corrected chi connectivity index (χ1v) is 11.0. The second-order valence-electron chi connectivity index (χ2n) is 6.83. The molecule has 7 heteroatoms. The Bertz CT molecular complexity index is 967. The number of benzene rings is 2. The Balaban J connectivity index is 1.44. The predicted molar refractivity (Wildman–Crippen MR) is 107 cm³/mol. The van der Waals surface area contributed by atoms with Crippen LogP contribution in [0.25, 0.3) is 0 Å². The molecular formula is C20H21ClN2O3S. The summed E-state index contributed by atoms with van der Waals surface area (Å²) in [6.45, 7) is 4.11. The van der Waals surface area contributed by atoms with Crippen LogP contribution < -0.4 is 4.74 Å². The summed E-state index contributed by atoms with van der Waals surface area (Å²) < 4.78 is 34.7. The second-order valence-corrected chi connectivity index (χ2v) is 8.84. The van der Waals surface area contributed by atoms with E-state index in [1.807, 2.05) is 0 Å². The minimum atomic E-state index is -3.71. The summed E-state index contributed by atoms with van der Waals surface area (Å²) in [6, 6.07) is 12.1. The summed E-state index contributed by atoms with van der Waals surface area (Å²) in [5.41, 5.74) is 1.77. The molecule has 0 amide bonds. The lowest BCUT2D eigenvalue weighted by molar-refractivity contribution is 0.173. The summed E-state index contributed by atoms with van der Waals surface area (Å²) in [5.74, 6) is 0.564. The quantitative estimate of drug-likeness (QED) is 0.659. The minimum absolute atomic E-state index is 0.200. The molecule has 0 atom stereocenters. The fourth-order valence-electron chi connectivity index (χ4n) is 3.27. The maximum atomic E-state index is 12.5. The molecule has 0 N–H and O–H groups in total. The van der Waals surface area contributed by atoms with E-state index >= 15 is 0 Å². The number of nitrogens with zero attached hydrogens (tertiary/aromatic N) is 2. The highest BCUT2D eigenvalue weighted by atomic mass is 35.5. The van der Waals surface area contributed by atoms with Gasteiger partial charge in [0.15, 0.2) is 0 Å². The SMILES string of the molecule is O=S1(=O)N=C(c2ccc(Cl)cc2)c2ccc(OCCCCN3CCC3)cc21. The Morgan fingerprint density at radius 1 is 1.07 bits per heavy atom. The van der Waals surface area contributed by atoms with Crippen molar-refractivity contribution in [3.63, 3.8) is 0 Å². The molecule has 142 valence electrons. The van der Waals surface area contributed by atoms with Crippen LogP contribution in [0.15, 0.2) is 51.8 Å². The van der Waals surface area contributed by atoms with E-state index in [0.717, 1.165) is 24.9 Å². The fourth-order valence-corrected chi connectivity index (χ4v) is 4.64. The molecule has 27 heavy (non-hydrogen) atoms. The number of rotatable bonds is 7. The van der Waals surface area contributed by atoms with Crippen molar-refractivity contribution in [2.45, 2.75) is 24.2 Å². The molecule has 0 spiro atoms. The summed E-state index contributed by atoms with van der Waals surface area (Å²) in [6.07, 6.45) is 3.35. The topological polar surface area (TPSA) is 59.0 Å². The van der Waals surface area contributed by atoms with Crippen molar-refractivity contribution < 1.29 is 13.2 Å². The van der Waals surface area contributed by atoms with Crippen molar-refractivity contribution in [2.75, 3.05) is 26.2 Å². The van der Waals surface area contributed by atoms with Crippen LogP contribution in [0.5, 0.6) is 5.75 Å². The number of likely N-dealkylation sites (tertiary alicyclic amines) is 1. The van der Waals surface area contributed by atoms with Crippen LogP contribution in [-0.4, -0.2) is 45.3 Å². The van der Waals surface area contributed by atoms with Crippen molar-refractivity contribution in [1.82, 2.24) is 4.90 Å². The largest absolute Gasteiger partial charge is 0.494 e. The Kier molecular flexibility index (Phi) is 5.21. The fraction of sp³-hybridized carbons (Fsp3) is 0.350. The first-order valence-electron chi connectivity index (χ1n) is 9.13. The van der Waals surface area contributed by atoms with Crippen molar-refractivity contribution in [1.29, 1.82) is 0 Å². The zero-order chi connectivity index (χ0) is 18.9. The molecule has 0 saturated carbocycles. The molecule has 0 unspecified atom stereocenters. The van der Waals surface area contributed by atoms with E-state index in [0.29, 0.717) is 28.7 Å². The number of ether oxygens (including phenoxy) is 1. The van der Waals surface area contributed by atoms with E-state index in [2.05, 4.69) is 9.30 Å². The van der Waals surface area contributed by atoms with Gasteiger partial charge in [0.25, 0.3) is 10.0 Å². The number of unbranched alkanes of at least 4 members (excludes halogenated alkanes) is 1. The van der Waals surface area contributed by atoms with E-state index in [1.54, 1.807) is 42.5 Å². The molecule has 5 nitrogen and oxygen atoms in total. The minimum Gasteiger partial charge on any atom is -0.494 e. The van der Waals surface area contributed by atoms with Gasteiger partial charge in [0.1, 0.15) is 10.6 Å². The van der Waals surface area contributed by atoms with Gasteiger partial charge in [0, 0.05) is 22.2 Å². The highest BCUT2D eigenvalue weighted by Gasteiger charge is 2.30. The Morgan fingerprint density at radius 3 is 2.56 bits per heavy atom. The van der Waals surface area contributed by atoms with Crippen molar-refractivity contribution in [2.24, 2.45) is 4.40 Å². The smallest absolute Gasteiger partial charge is 0.283 e. The Labute approximate surface area is 164 Å². The Morgan fingerprint density at radius 2 is 1.85 bits per heavy atom. The second kappa shape index (κ2) is 7.62. The average Bonchev–Trinajstić information content (AvgIpc) is 2.88. The highest BCUT2D eigenvalue weighted by Crippen LogP contribution is 2.32. The van der Waals surface area contributed by atoms with Gasteiger partial charge in [-0.2, -0.15) is 12.8 Å². The summed E-state index contributed by atoms with van der Waals surface area (Å²) in [7, 11) is -3.71. The number of hydrogen-bond acceptors (Lipinski definition) is 4. The third-order valence-corrected chi connectivity index (χ3v) is 6.47. The van der Waals surface area contributed by atoms with Crippen LogP contribution in [0.2, 0.25) is 5.02 Å². The monoisotopic (exact) mass is 404 g/mol. The van der Waals surface area contributed by atoms with Crippen LogP contribution in [-0.2, 0) is 10.0 Å². The van der Waals surface area contributed by atoms with Crippen molar-refractivity contribution in [3.05, 3.63) is 58.6 Å². The first kappa shape index (κ1) is 18.5. The van der Waals surface area contributed by atoms with Gasteiger partial charge < -0.3 is 9.64 Å². The molecule has 0 aromatic heterocycles. The zero-order valence-electron chi connectivity index (χ0n) is 14.9. The van der Waals surface area contributed by atoms with Crippen LogP contribution in [0.3, 0.4) is 0 Å². The molecule has 0 radical (unpaired) electrons. The summed E-state index contributed by atoms with van der Waals surface area (Å²) in [5, 5.41) is 0.596. The van der Waals surface area contributed by atoms with E-state index < -0.39 is 10.0 Å². The van der Waals surface area contributed by atoms with Gasteiger partial charge in [0.2, 0.25) is 0 Å². The molecule has 2 aromatic carbocycles. The van der Waals surface area contributed by atoms with Crippen molar-refractivity contribution >= 4 is 27.3 Å². The summed E-state index contributed by atoms with van der Waals surface area (Å²) in [4.78, 5) is 2.63. The Hall–Kier alpha value is -1.89. The number of hydrogen-bond donors (Lipinski definition) is 0. The molecular weight excluding hydrogens is 384 g/mol. The van der Waals surface area contributed by atoms with Crippen LogP contribution >= 0.6 is 11.6 Å². The molecule has 0 aliphatic carbocycles. The molecule has 1 fully saturated rings. The van der Waals surface area contributed by atoms with Gasteiger partial charge in [-0.05, 0) is 63.2 Å². The van der Waals surface area contributed by atoms with Gasteiger partial charge in [-0.3, -0.25) is 0 Å². The lowest BCUT2D eigenvalue weighted by Crippen LogP contribution is -2.37. The van der Waals surface area contributed by atoms with E-state index in [1.165, 1.54) is 19.5 Å². The molecule has 2 aliphatic heterocycles. The van der Waals surface area contributed by atoms with E-state index in [-0.39, 0.29) is 4.90 Å². The van der Waals surface area contributed by atoms with Crippen LogP contribution in [0, 0.1) is 0 Å². The van der Waals surface area contributed by atoms with Gasteiger partial charge >= 0.3 is 0 Å². The lowest BCUT2D eigenvalue weighted by atomic mass is 10.0. The molecule has 0 bridgehead atoms. The van der Waals surface area contributed by atoms with Crippen LogP contribution in [0.1, 0.15) is 30.4 Å². The normalized spacial score (nSPS) is 17.9. The first-order chi connectivity index (χ1) is 13.0. The highest BCUT2D eigenvalue weighted by molar-refractivity contribution is 7.90. The van der Waals surface area contributed by atoms with Gasteiger partial charge in [-0.15, -0.1) is 0 Å². The molecule has 2 heterocycles. The standard InChI is InChI=1S/C20H21ClN2O3S/c21-16-6-4-15(5-7-16)20-18-9-8-17(14-19(18)27(24,25)22-20)26-13-2-1-10-23-11-3-12-23/h4-9,14H,1-3,10-13H2. The van der Waals surface area contributed by atoms with E-state index in [4.69, 9.17) is 16.3 Å². The number of halogens is 1. The van der Waals surface area contributed by atoms with Gasteiger partial charge in [-0.1, -0.05) is 23.7 Å². The molecule has 1 saturated heterocycles. The van der Waals surface area contributed by atoms with Crippen LogP contribution in [0.4, 0.5) is 0 Å². The van der Waals surface area contributed by atoms with Gasteiger partial charge in [-0.25, -0.2) is 0 Å². The lowest BCUT2D eigenvalue weighted by Gasteiger charge is -2.30. The third kappa shape index (κ3) is 4.03. The molecule has 4 rings (SSSR count). The number of sulfonamides is 1. The third-order valence-electron chi connectivity index (χ3n) is 4.90. The summed E-state index contributed by atoms with van der Waals surface area (Å²) >= 11 is 5.92. The maximum Gasteiger partial charge on any atom is 0.283 e. The zero-order valence-corrected chi connectivity index (χ0v) is 16.5. The molecule has 2 aliphatic rings. The van der Waals surface area contributed by atoms with Crippen molar-refractivity contribution in [3.8, 4) is 5.75 Å². The van der Waals surface area contributed by atoms with Gasteiger partial charge in [0.05, 0.1) is 12.3 Å². The maximum absolute atomic E-state index is 12.5. The average molecular weight is 405 g/mol. The number of fused-ring (bicyclic) bond motifs is 1. The molecule has 2 aromatic rings.